The molecule has 1 rings (SSSR count). The van der Waals surface area contributed by atoms with Gasteiger partial charge in [0.15, 0.2) is 0 Å². The monoisotopic (exact) mass is 147 g/mol. The SMILES string of the molecule is CS1(C)[C]=CC=C1Cl. The molecule has 0 aromatic heterocycles. The van der Waals surface area contributed by atoms with Gasteiger partial charge in [0, 0.05) is 5.41 Å². The van der Waals surface area contributed by atoms with E-state index in [2.05, 4.69) is 17.9 Å². The van der Waals surface area contributed by atoms with E-state index in [1.54, 1.807) is 0 Å². The highest BCUT2D eigenvalue weighted by Gasteiger charge is 2.15. The maximum absolute atomic E-state index is 5.81. The van der Waals surface area contributed by atoms with Gasteiger partial charge in [-0.05, 0) is 24.7 Å². The average Bonchev–Trinajstić information content (AvgIpc) is 1.86. The van der Waals surface area contributed by atoms with Crippen LogP contribution in [0, 0.1) is 5.41 Å². The van der Waals surface area contributed by atoms with Gasteiger partial charge in [0.1, 0.15) is 0 Å². The van der Waals surface area contributed by atoms with Crippen molar-refractivity contribution in [3.63, 3.8) is 0 Å². The van der Waals surface area contributed by atoms with E-state index in [9.17, 15) is 0 Å². The number of rotatable bonds is 0. The van der Waals surface area contributed by atoms with Crippen molar-refractivity contribution in [3.05, 3.63) is 21.9 Å². The van der Waals surface area contributed by atoms with Gasteiger partial charge in [0.2, 0.25) is 0 Å². The van der Waals surface area contributed by atoms with Crippen molar-refractivity contribution in [2.45, 2.75) is 0 Å². The third kappa shape index (κ3) is 0.932. The summed E-state index contributed by atoms with van der Waals surface area (Å²) in [4.78, 5) is 0. The molecule has 0 atom stereocenters. The third-order valence-corrected chi connectivity index (χ3v) is 4.18. The fraction of sp³-hybridized carbons (Fsp3) is 0.333. The minimum absolute atomic E-state index is 0.804. The van der Waals surface area contributed by atoms with Crippen molar-refractivity contribution in [2.24, 2.45) is 0 Å². The smallest absolute Gasteiger partial charge is 0.0601 e. The highest BCUT2D eigenvalue weighted by Crippen LogP contribution is 2.54. The van der Waals surface area contributed by atoms with Crippen molar-refractivity contribution >= 4 is 21.6 Å². The van der Waals surface area contributed by atoms with Crippen molar-refractivity contribution < 1.29 is 0 Å². The molecule has 0 nitrogen and oxygen atoms in total. The molecule has 1 radical (unpaired) electrons. The molecular weight excluding hydrogens is 140 g/mol. The maximum Gasteiger partial charge on any atom is 0.0601 e. The Morgan fingerprint density at radius 3 is 2.38 bits per heavy atom. The van der Waals surface area contributed by atoms with Gasteiger partial charge < -0.3 is 0 Å². The van der Waals surface area contributed by atoms with Crippen LogP contribution >= 0.6 is 21.6 Å². The zero-order chi connectivity index (χ0) is 6.20. The second-order valence-electron chi connectivity index (χ2n) is 2.08. The summed E-state index contributed by atoms with van der Waals surface area (Å²) in [5.41, 5.74) is 0. The van der Waals surface area contributed by atoms with Crippen LogP contribution in [0.1, 0.15) is 0 Å². The van der Waals surface area contributed by atoms with E-state index in [4.69, 9.17) is 11.6 Å². The van der Waals surface area contributed by atoms with Crippen molar-refractivity contribution in [1.82, 2.24) is 0 Å². The molecule has 0 unspecified atom stereocenters. The molecule has 0 aliphatic carbocycles. The summed E-state index contributed by atoms with van der Waals surface area (Å²) < 4.78 is 0.956. The lowest BCUT2D eigenvalue weighted by Crippen LogP contribution is -1.84. The van der Waals surface area contributed by atoms with Crippen LogP contribution in [0.4, 0.5) is 0 Å². The zero-order valence-corrected chi connectivity index (χ0v) is 6.51. The zero-order valence-electron chi connectivity index (χ0n) is 4.94. The molecule has 45 valence electrons. The summed E-state index contributed by atoms with van der Waals surface area (Å²) in [6, 6.07) is 0. The topological polar surface area (TPSA) is 0 Å². The quantitative estimate of drug-likeness (QED) is 0.494. The molecule has 0 fully saturated rings. The number of halogens is 1. The Kier molecular flexibility index (Phi) is 1.42. The predicted molar refractivity (Wildman–Crippen MR) is 41.2 cm³/mol. The summed E-state index contributed by atoms with van der Waals surface area (Å²) >= 11 is 5.81. The first-order chi connectivity index (χ1) is 3.63. The van der Waals surface area contributed by atoms with E-state index in [0.717, 1.165) is 4.36 Å². The molecule has 2 heteroatoms. The van der Waals surface area contributed by atoms with Crippen LogP contribution in [-0.2, 0) is 0 Å². The lowest BCUT2D eigenvalue weighted by molar-refractivity contribution is 2.08. The second-order valence-corrected chi connectivity index (χ2v) is 6.04. The first-order valence-electron chi connectivity index (χ1n) is 2.32. The molecule has 0 spiro atoms. The fourth-order valence-corrected chi connectivity index (χ4v) is 1.62. The highest BCUT2D eigenvalue weighted by molar-refractivity contribution is 8.38. The van der Waals surface area contributed by atoms with Gasteiger partial charge in [-0.25, -0.2) is 0 Å². The van der Waals surface area contributed by atoms with Crippen molar-refractivity contribution in [2.75, 3.05) is 12.5 Å². The molecular formula is C6H8ClS. The molecule has 1 heterocycles. The number of hydrogen-bond acceptors (Lipinski definition) is 0. The molecule has 0 saturated carbocycles. The van der Waals surface area contributed by atoms with Crippen LogP contribution in [-0.4, -0.2) is 12.5 Å². The molecule has 0 saturated heterocycles. The minimum atomic E-state index is -0.804. The average molecular weight is 148 g/mol. The van der Waals surface area contributed by atoms with Crippen LogP contribution < -0.4 is 0 Å². The Morgan fingerprint density at radius 2 is 2.25 bits per heavy atom. The Hall–Kier alpha value is 0.120. The van der Waals surface area contributed by atoms with Crippen molar-refractivity contribution in [3.8, 4) is 0 Å². The molecule has 0 aromatic rings. The van der Waals surface area contributed by atoms with Gasteiger partial charge in [0.25, 0.3) is 0 Å². The molecule has 0 aromatic carbocycles. The Morgan fingerprint density at radius 1 is 1.62 bits per heavy atom. The van der Waals surface area contributed by atoms with Crippen LogP contribution in [0.25, 0.3) is 0 Å². The lowest BCUT2D eigenvalue weighted by Gasteiger charge is -2.20. The summed E-state index contributed by atoms with van der Waals surface area (Å²) in [5, 5.41) is 3.18. The van der Waals surface area contributed by atoms with Crippen LogP contribution in [0.15, 0.2) is 16.5 Å². The Balaban J connectivity index is 2.87. The number of hydrogen-bond donors (Lipinski definition) is 0. The maximum atomic E-state index is 5.81. The van der Waals surface area contributed by atoms with Gasteiger partial charge in [0.05, 0.1) is 4.36 Å². The Labute approximate surface area is 56.5 Å². The van der Waals surface area contributed by atoms with E-state index >= 15 is 0 Å². The first-order valence-corrected chi connectivity index (χ1v) is 5.15. The first kappa shape index (κ1) is 6.24. The van der Waals surface area contributed by atoms with E-state index in [1.165, 1.54) is 0 Å². The fourth-order valence-electron chi connectivity index (χ4n) is 0.496. The normalized spacial score (nSPS) is 27.6. The van der Waals surface area contributed by atoms with Gasteiger partial charge >= 0.3 is 0 Å². The largest absolute Gasteiger partial charge is 0.182 e. The lowest BCUT2D eigenvalue weighted by atomic mass is 10.6. The van der Waals surface area contributed by atoms with E-state index < -0.39 is 10.0 Å². The van der Waals surface area contributed by atoms with Gasteiger partial charge in [-0.1, -0.05) is 11.6 Å². The Bertz CT molecular complexity index is 156. The standard InChI is InChI=1S/C6H8ClS/c1-8(2)5-3-4-6(8)7/h3-4H,1-2H3. The van der Waals surface area contributed by atoms with Crippen LogP contribution in [0.3, 0.4) is 0 Å². The summed E-state index contributed by atoms with van der Waals surface area (Å²) in [7, 11) is -0.804. The molecule has 0 amide bonds. The molecule has 1 aliphatic heterocycles. The van der Waals surface area contributed by atoms with Gasteiger partial charge in [-0.2, -0.15) is 10.0 Å². The minimum Gasteiger partial charge on any atom is -0.182 e. The third-order valence-electron chi connectivity index (χ3n) is 1.06. The van der Waals surface area contributed by atoms with E-state index in [-0.39, 0.29) is 0 Å². The van der Waals surface area contributed by atoms with Gasteiger partial charge in [-0.15, -0.1) is 0 Å². The number of allylic oxidation sites excluding steroid dienone is 2. The second kappa shape index (κ2) is 1.82. The molecule has 8 heavy (non-hydrogen) atoms. The summed E-state index contributed by atoms with van der Waals surface area (Å²) in [6.07, 6.45) is 8.05. The van der Waals surface area contributed by atoms with E-state index in [1.807, 2.05) is 12.2 Å². The summed E-state index contributed by atoms with van der Waals surface area (Å²) in [5.74, 6) is 0. The van der Waals surface area contributed by atoms with Crippen LogP contribution in [0.2, 0.25) is 0 Å². The predicted octanol–water partition coefficient (Wildman–Crippen LogP) is 2.46. The molecule has 0 bridgehead atoms. The van der Waals surface area contributed by atoms with E-state index in [0.29, 0.717) is 0 Å². The summed E-state index contributed by atoms with van der Waals surface area (Å²) in [6.45, 7) is 0. The van der Waals surface area contributed by atoms with Crippen molar-refractivity contribution in [1.29, 1.82) is 0 Å². The molecule has 0 N–H and O–H groups in total. The molecule has 1 aliphatic rings. The highest BCUT2D eigenvalue weighted by atomic mass is 35.5. The van der Waals surface area contributed by atoms with Crippen LogP contribution in [0.5, 0.6) is 0 Å². The van der Waals surface area contributed by atoms with Gasteiger partial charge in [-0.3, -0.25) is 0 Å².